The third-order valence-corrected chi connectivity index (χ3v) is 4.35. The van der Waals surface area contributed by atoms with E-state index in [4.69, 9.17) is 9.47 Å². The SMILES string of the molecule is CCNC(=NCC(O)COCc1ccccc1)N1CCC(OCC)CC1. The number of aliphatic hydroxyl groups excluding tert-OH is 1. The van der Waals surface area contributed by atoms with Crippen LogP contribution in [-0.4, -0.2) is 67.6 Å². The average Bonchev–Trinajstić information content (AvgIpc) is 2.67. The van der Waals surface area contributed by atoms with Gasteiger partial charge in [0, 0.05) is 26.2 Å². The number of benzene rings is 1. The van der Waals surface area contributed by atoms with Crippen molar-refractivity contribution in [3.05, 3.63) is 35.9 Å². The molecule has 1 saturated heterocycles. The second-order valence-electron chi connectivity index (χ2n) is 6.49. The molecule has 1 aliphatic rings. The number of guanidine groups is 1. The molecule has 1 aromatic rings. The normalized spacial score (nSPS) is 17.3. The molecule has 1 atom stereocenters. The summed E-state index contributed by atoms with van der Waals surface area (Å²) >= 11 is 0. The monoisotopic (exact) mass is 363 g/mol. The van der Waals surface area contributed by atoms with Gasteiger partial charge in [-0.15, -0.1) is 0 Å². The van der Waals surface area contributed by atoms with Gasteiger partial charge in [-0.25, -0.2) is 0 Å². The molecule has 6 nitrogen and oxygen atoms in total. The molecule has 2 N–H and O–H groups in total. The highest BCUT2D eigenvalue weighted by Crippen LogP contribution is 2.13. The number of nitrogens with one attached hydrogen (secondary N) is 1. The number of nitrogens with zero attached hydrogens (tertiary/aromatic N) is 2. The predicted octanol–water partition coefficient (Wildman–Crippen LogP) is 2.03. The van der Waals surface area contributed by atoms with Crippen molar-refractivity contribution < 1.29 is 14.6 Å². The van der Waals surface area contributed by atoms with Crippen LogP contribution in [0.4, 0.5) is 0 Å². The van der Waals surface area contributed by atoms with Crippen LogP contribution in [0.1, 0.15) is 32.3 Å². The fraction of sp³-hybridized carbons (Fsp3) is 0.650. The highest BCUT2D eigenvalue weighted by atomic mass is 16.5. The van der Waals surface area contributed by atoms with Crippen molar-refractivity contribution >= 4 is 5.96 Å². The lowest BCUT2D eigenvalue weighted by molar-refractivity contribution is 0.0256. The molecule has 1 aromatic carbocycles. The Kier molecular flexibility index (Phi) is 9.45. The first-order valence-electron chi connectivity index (χ1n) is 9.67. The van der Waals surface area contributed by atoms with E-state index in [1.807, 2.05) is 37.3 Å². The van der Waals surface area contributed by atoms with Gasteiger partial charge in [-0.2, -0.15) is 0 Å². The standard InChI is InChI=1S/C20H33N3O3/c1-3-21-20(23-12-10-19(11-13-23)26-4-2)22-14-18(24)16-25-15-17-8-6-5-7-9-17/h5-9,18-19,24H,3-4,10-16H2,1-2H3,(H,21,22). The summed E-state index contributed by atoms with van der Waals surface area (Å²) in [7, 11) is 0. The van der Waals surface area contributed by atoms with E-state index in [0.29, 0.717) is 19.3 Å². The minimum atomic E-state index is -0.603. The van der Waals surface area contributed by atoms with Crippen molar-refractivity contribution in [3.8, 4) is 0 Å². The molecule has 1 aliphatic heterocycles. The third-order valence-electron chi connectivity index (χ3n) is 4.35. The van der Waals surface area contributed by atoms with Gasteiger partial charge in [0.15, 0.2) is 5.96 Å². The zero-order valence-corrected chi connectivity index (χ0v) is 16.1. The molecule has 0 bridgehead atoms. The van der Waals surface area contributed by atoms with Gasteiger partial charge in [0.2, 0.25) is 0 Å². The largest absolute Gasteiger partial charge is 0.389 e. The zero-order chi connectivity index (χ0) is 18.6. The number of likely N-dealkylation sites (tertiary alicyclic amines) is 1. The molecule has 1 fully saturated rings. The van der Waals surface area contributed by atoms with Crippen molar-refractivity contribution in [2.24, 2.45) is 4.99 Å². The number of piperidine rings is 1. The van der Waals surface area contributed by atoms with E-state index in [-0.39, 0.29) is 6.61 Å². The van der Waals surface area contributed by atoms with Crippen molar-refractivity contribution in [2.75, 3.05) is 39.4 Å². The molecule has 0 saturated carbocycles. The maximum absolute atomic E-state index is 10.2. The maximum Gasteiger partial charge on any atom is 0.194 e. The fourth-order valence-corrected chi connectivity index (χ4v) is 3.03. The highest BCUT2D eigenvalue weighted by Gasteiger charge is 2.21. The number of rotatable bonds is 9. The molecule has 1 unspecified atom stereocenters. The second-order valence-corrected chi connectivity index (χ2v) is 6.49. The summed E-state index contributed by atoms with van der Waals surface area (Å²) in [5.41, 5.74) is 1.11. The maximum atomic E-state index is 10.2. The van der Waals surface area contributed by atoms with Crippen LogP contribution in [0.15, 0.2) is 35.3 Å². The van der Waals surface area contributed by atoms with Crippen molar-refractivity contribution in [1.29, 1.82) is 0 Å². The van der Waals surface area contributed by atoms with Gasteiger partial charge in [0.05, 0.1) is 32.0 Å². The van der Waals surface area contributed by atoms with E-state index in [1.54, 1.807) is 0 Å². The quantitative estimate of drug-likeness (QED) is 0.519. The second kappa shape index (κ2) is 11.9. The van der Waals surface area contributed by atoms with E-state index in [2.05, 4.69) is 22.1 Å². The van der Waals surface area contributed by atoms with Gasteiger partial charge in [-0.3, -0.25) is 4.99 Å². The van der Waals surface area contributed by atoms with Crippen molar-refractivity contribution in [3.63, 3.8) is 0 Å². The Hall–Kier alpha value is -1.63. The van der Waals surface area contributed by atoms with Crippen LogP contribution in [0.5, 0.6) is 0 Å². The molecule has 0 aromatic heterocycles. The first kappa shape index (κ1) is 20.7. The Bertz CT molecular complexity index is 516. The Morgan fingerprint density at radius 2 is 2.00 bits per heavy atom. The Morgan fingerprint density at radius 1 is 1.27 bits per heavy atom. The average molecular weight is 364 g/mol. The molecule has 2 rings (SSSR count). The van der Waals surface area contributed by atoms with E-state index in [9.17, 15) is 5.11 Å². The molecule has 6 heteroatoms. The first-order valence-corrected chi connectivity index (χ1v) is 9.67. The number of aliphatic hydroxyl groups is 1. The van der Waals surface area contributed by atoms with Crippen LogP contribution in [0, 0.1) is 0 Å². The molecule has 1 heterocycles. The lowest BCUT2D eigenvalue weighted by Crippen LogP contribution is -2.47. The Morgan fingerprint density at radius 3 is 2.65 bits per heavy atom. The molecular weight excluding hydrogens is 330 g/mol. The lowest BCUT2D eigenvalue weighted by atomic mass is 10.1. The smallest absolute Gasteiger partial charge is 0.194 e. The van der Waals surface area contributed by atoms with Crippen LogP contribution in [0.2, 0.25) is 0 Å². The van der Waals surface area contributed by atoms with Gasteiger partial charge in [-0.05, 0) is 32.3 Å². The summed E-state index contributed by atoms with van der Waals surface area (Å²) in [6, 6.07) is 9.97. The summed E-state index contributed by atoms with van der Waals surface area (Å²) in [4.78, 5) is 6.84. The Balaban J connectivity index is 1.75. The molecule has 146 valence electrons. The van der Waals surface area contributed by atoms with E-state index in [1.165, 1.54) is 0 Å². The minimum absolute atomic E-state index is 0.282. The first-order chi connectivity index (χ1) is 12.7. The van der Waals surface area contributed by atoms with E-state index in [0.717, 1.165) is 50.6 Å². The number of hydrogen-bond acceptors (Lipinski definition) is 4. The summed E-state index contributed by atoms with van der Waals surface area (Å²) in [5, 5.41) is 13.5. The van der Waals surface area contributed by atoms with Crippen LogP contribution in [-0.2, 0) is 16.1 Å². The molecular formula is C20H33N3O3. The number of ether oxygens (including phenoxy) is 2. The third kappa shape index (κ3) is 7.32. The van der Waals surface area contributed by atoms with Gasteiger partial charge in [0.25, 0.3) is 0 Å². The molecule has 0 amide bonds. The fourth-order valence-electron chi connectivity index (χ4n) is 3.03. The van der Waals surface area contributed by atoms with Gasteiger partial charge in [0.1, 0.15) is 0 Å². The van der Waals surface area contributed by atoms with E-state index >= 15 is 0 Å². The molecule has 0 aliphatic carbocycles. The summed E-state index contributed by atoms with van der Waals surface area (Å²) in [6.07, 6.45) is 1.78. The van der Waals surface area contributed by atoms with Gasteiger partial charge >= 0.3 is 0 Å². The number of hydrogen-bond donors (Lipinski definition) is 2. The van der Waals surface area contributed by atoms with Crippen molar-refractivity contribution in [1.82, 2.24) is 10.2 Å². The minimum Gasteiger partial charge on any atom is -0.389 e. The van der Waals surface area contributed by atoms with E-state index < -0.39 is 6.10 Å². The molecule has 0 spiro atoms. The van der Waals surface area contributed by atoms with Crippen LogP contribution in [0.3, 0.4) is 0 Å². The van der Waals surface area contributed by atoms with Crippen LogP contribution < -0.4 is 5.32 Å². The Labute approximate surface area is 157 Å². The lowest BCUT2D eigenvalue weighted by Gasteiger charge is -2.34. The zero-order valence-electron chi connectivity index (χ0n) is 16.1. The summed E-state index contributed by atoms with van der Waals surface area (Å²) < 4.78 is 11.3. The highest BCUT2D eigenvalue weighted by molar-refractivity contribution is 5.80. The number of aliphatic imine (C=N–C) groups is 1. The molecule has 26 heavy (non-hydrogen) atoms. The van der Waals surface area contributed by atoms with Gasteiger partial charge in [-0.1, -0.05) is 30.3 Å². The van der Waals surface area contributed by atoms with Crippen LogP contribution in [0.25, 0.3) is 0 Å². The van der Waals surface area contributed by atoms with Gasteiger partial charge < -0.3 is 24.8 Å². The summed E-state index contributed by atoms with van der Waals surface area (Å²) in [5.74, 6) is 0.865. The topological polar surface area (TPSA) is 66.3 Å². The van der Waals surface area contributed by atoms with Crippen LogP contribution >= 0.6 is 0 Å². The predicted molar refractivity (Wildman–Crippen MR) is 104 cm³/mol. The summed E-state index contributed by atoms with van der Waals surface area (Å²) in [6.45, 7) is 8.66. The van der Waals surface area contributed by atoms with Crippen molar-refractivity contribution in [2.45, 2.75) is 45.5 Å². The molecule has 0 radical (unpaired) electrons.